The maximum atomic E-state index is 13.8. The van der Waals surface area contributed by atoms with Crippen molar-refractivity contribution in [1.82, 2.24) is 14.8 Å². The van der Waals surface area contributed by atoms with E-state index < -0.39 is 0 Å². The van der Waals surface area contributed by atoms with Gasteiger partial charge in [-0.05, 0) is 36.8 Å². The minimum atomic E-state index is -0.309. The molecule has 3 heterocycles. The first kappa shape index (κ1) is 17.6. The summed E-state index contributed by atoms with van der Waals surface area (Å²) in [6.07, 6.45) is 1.68. The molecule has 1 aromatic carbocycles. The fraction of sp³-hybridized carbons (Fsp3) is 0.381. The first-order valence-corrected chi connectivity index (χ1v) is 9.19. The topological polar surface area (TPSA) is 53.5 Å². The molecule has 4 rings (SSSR count). The maximum Gasteiger partial charge on any atom is 0.255 e. The molecule has 0 saturated carbocycles. The summed E-state index contributed by atoms with van der Waals surface area (Å²) in [5.41, 5.74) is 2.12. The van der Waals surface area contributed by atoms with Crippen molar-refractivity contribution in [3.05, 3.63) is 65.2 Å². The maximum absolute atomic E-state index is 13.8. The van der Waals surface area contributed by atoms with E-state index in [0.717, 1.165) is 5.56 Å². The molecule has 2 fully saturated rings. The lowest BCUT2D eigenvalue weighted by Crippen LogP contribution is -2.36. The van der Waals surface area contributed by atoms with E-state index in [2.05, 4.69) is 4.98 Å². The first-order chi connectivity index (χ1) is 13.0. The average Bonchev–Trinajstić information content (AvgIpc) is 3.19. The van der Waals surface area contributed by atoms with E-state index in [9.17, 15) is 14.0 Å². The van der Waals surface area contributed by atoms with Gasteiger partial charge in [0.1, 0.15) is 5.82 Å². The molecule has 3 atom stereocenters. The van der Waals surface area contributed by atoms with Gasteiger partial charge in [-0.3, -0.25) is 14.6 Å². The third kappa shape index (κ3) is 3.09. The van der Waals surface area contributed by atoms with Gasteiger partial charge in [-0.15, -0.1) is 0 Å². The standard InChI is InChI=1S/C21H22FN3O2/c1-13-18(7-4-8-23-13)21(27)24-10-16-11-25(14(2)26)20(19(16)12-24)15-5-3-6-17(22)9-15/h3-9,16,19-20H,10-12H2,1-2H3/t16-,19-,20-/m1/s1. The molecular weight excluding hydrogens is 345 g/mol. The van der Waals surface area contributed by atoms with Gasteiger partial charge in [-0.25, -0.2) is 4.39 Å². The molecule has 0 aliphatic carbocycles. The molecule has 2 amide bonds. The molecule has 0 radical (unpaired) electrons. The molecule has 1 aromatic heterocycles. The minimum Gasteiger partial charge on any atom is -0.338 e. The summed E-state index contributed by atoms with van der Waals surface area (Å²) in [4.78, 5) is 33.0. The molecule has 0 spiro atoms. The highest BCUT2D eigenvalue weighted by Gasteiger charge is 2.49. The van der Waals surface area contributed by atoms with Crippen molar-refractivity contribution in [3.8, 4) is 0 Å². The van der Waals surface area contributed by atoms with Gasteiger partial charge < -0.3 is 9.80 Å². The van der Waals surface area contributed by atoms with E-state index in [1.54, 1.807) is 31.3 Å². The Hall–Kier alpha value is -2.76. The lowest BCUT2D eigenvalue weighted by Gasteiger charge is -2.29. The van der Waals surface area contributed by atoms with Crippen LogP contribution in [0.5, 0.6) is 0 Å². The van der Waals surface area contributed by atoms with Gasteiger partial charge in [0.25, 0.3) is 5.91 Å². The molecule has 2 aromatic rings. The van der Waals surface area contributed by atoms with E-state index >= 15 is 0 Å². The van der Waals surface area contributed by atoms with Crippen molar-refractivity contribution >= 4 is 11.8 Å². The minimum absolute atomic E-state index is 0.0142. The number of pyridine rings is 1. The number of aryl methyl sites for hydroxylation is 1. The second-order valence-electron chi connectivity index (χ2n) is 7.44. The molecule has 2 aliphatic heterocycles. The highest BCUT2D eigenvalue weighted by Crippen LogP contribution is 2.45. The molecule has 6 heteroatoms. The number of rotatable bonds is 2. The van der Waals surface area contributed by atoms with Crippen LogP contribution in [0.3, 0.4) is 0 Å². The van der Waals surface area contributed by atoms with Crippen LogP contribution in [0.4, 0.5) is 4.39 Å². The summed E-state index contributed by atoms with van der Waals surface area (Å²) in [5.74, 6) is -0.0434. The Bertz CT molecular complexity index is 901. The summed E-state index contributed by atoms with van der Waals surface area (Å²) >= 11 is 0. The smallest absolute Gasteiger partial charge is 0.255 e. The highest BCUT2D eigenvalue weighted by atomic mass is 19.1. The van der Waals surface area contributed by atoms with Crippen LogP contribution >= 0.6 is 0 Å². The van der Waals surface area contributed by atoms with Gasteiger partial charge >= 0.3 is 0 Å². The van der Waals surface area contributed by atoms with E-state index in [1.165, 1.54) is 12.1 Å². The number of fused-ring (bicyclic) bond motifs is 1. The van der Waals surface area contributed by atoms with Gasteiger partial charge in [0.2, 0.25) is 5.91 Å². The van der Waals surface area contributed by atoms with E-state index in [1.807, 2.05) is 22.8 Å². The van der Waals surface area contributed by atoms with Crippen molar-refractivity contribution in [1.29, 1.82) is 0 Å². The number of nitrogens with zero attached hydrogens (tertiary/aromatic N) is 3. The normalized spacial score (nSPS) is 24.2. The molecule has 27 heavy (non-hydrogen) atoms. The third-order valence-electron chi connectivity index (χ3n) is 5.78. The zero-order valence-corrected chi connectivity index (χ0v) is 15.4. The second kappa shape index (κ2) is 6.76. The van der Waals surface area contributed by atoms with Crippen molar-refractivity contribution in [3.63, 3.8) is 0 Å². The Kier molecular flexibility index (Phi) is 4.42. The van der Waals surface area contributed by atoms with E-state index in [0.29, 0.717) is 30.9 Å². The summed E-state index contributed by atoms with van der Waals surface area (Å²) in [5, 5.41) is 0. The molecule has 2 saturated heterocycles. The van der Waals surface area contributed by atoms with Crippen molar-refractivity contribution < 1.29 is 14.0 Å². The first-order valence-electron chi connectivity index (χ1n) is 9.19. The van der Waals surface area contributed by atoms with Gasteiger partial charge in [-0.1, -0.05) is 12.1 Å². The molecule has 140 valence electrons. The summed E-state index contributed by atoms with van der Waals surface area (Å²) in [7, 11) is 0. The Balaban J connectivity index is 1.61. The second-order valence-corrected chi connectivity index (χ2v) is 7.44. The van der Waals surface area contributed by atoms with Crippen LogP contribution in [0.2, 0.25) is 0 Å². The number of carbonyl (C=O) groups is 2. The van der Waals surface area contributed by atoms with Gasteiger partial charge in [0.15, 0.2) is 0 Å². The SMILES string of the molecule is CC(=O)N1C[C@H]2CN(C(=O)c3cccnc3C)C[C@H]2[C@H]1c1cccc(F)c1. The highest BCUT2D eigenvalue weighted by molar-refractivity contribution is 5.95. The van der Waals surface area contributed by atoms with E-state index in [4.69, 9.17) is 0 Å². The predicted molar refractivity (Wildman–Crippen MR) is 98.4 cm³/mol. The van der Waals surface area contributed by atoms with Crippen molar-refractivity contribution in [2.45, 2.75) is 19.9 Å². The quantitative estimate of drug-likeness (QED) is 0.820. The molecule has 2 aliphatic rings. The van der Waals surface area contributed by atoms with Crippen molar-refractivity contribution in [2.24, 2.45) is 11.8 Å². The van der Waals surface area contributed by atoms with Crippen molar-refractivity contribution in [2.75, 3.05) is 19.6 Å². The number of amides is 2. The number of likely N-dealkylation sites (tertiary alicyclic amines) is 2. The van der Waals surface area contributed by atoms with Gasteiger partial charge in [0, 0.05) is 50.3 Å². The average molecular weight is 367 g/mol. The van der Waals surface area contributed by atoms with Crippen LogP contribution in [-0.2, 0) is 4.79 Å². The summed E-state index contributed by atoms with van der Waals surface area (Å²) < 4.78 is 13.8. The third-order valence-corrected chi connectivity index (χ3v) is 5.78. The van der Waals surface area contributed by atoms with Crippen LogP contribution in [0.15, 0.2) is 42.6 Å². The zero-order chi connectivity index (χ0) is 19.1. The fourth-order valence-electron chi connectivity index (χ4n) is 4.53. The monoisotopic (exact) mass is 367 g/mol. The van der Waals surface area contributed by atoms with Crippen LogP contribution in [0, 0.1) is 24.6 Å². The number of aromatic nitrogens is 1. The predicted octanol–water partition coefficient (Wildman–Crippen LogP) is 2.82. The Labute approximate surface area is 157 Å². The molecular formula is C21H22FN3O2. The zero-order valence-electron chi connectivity index (χ0n) is 15.4. The largest absolute Gasteiger partial charge is 0.338 e. The molecule has 0 unspecified atom stereocenters. The molecule has 0 bridgehead atoms. The Morgan fingerprint density at radius 3 is 2.67 bits per heavy atom. The van der Waals surface area contributed by atoms with E-state index in [-0.39, 0.29) is 35.5 Å². The molecule has 0 N–H and O–H groups in total. The van der Waals surface area contributed by atoms with Crippen LogP contribution in [-0.4, -0.2) is 46.2 Å². The number of carbonyl (C=O) groups excluding carboxylic acids is 2. The number of hydrogen-bond donors (Lipinski definition) is 0. The lowest BCUT2D eigenvalue weighted by molar-refractivity contribution is -0.130. The molecule has 5 nitrogen and oxygen atoms in total. The number of halogens is 1. The number of hydrogen-bond acceptors (Lipinski definition) is 3. The van der Waals surface area contributed by atoms with Crippen LogP contribution in [0.25, 0.3) is 0 Å². The lowest BCUT2D eigenvalue weighted by atomic mass is 9.89. The Morgan fingerprint density at radius 2 is 1.96 bits per heavy atom. The summed E-state index contributed by atoms with van der Waals surface area (Å²) in [6.45, 7) is 5.14. The Morgan fingerprint density at radius 1 is 1.15 bits per heavy atom. The van der Waals surface area contributed by atoms with Gasteiger partial charge in [-0.2, -0.15) is 0 Å². The number of benzene rings is 1. The van der Waals surface area contributed by atoms with Crippen LogP contribution in [0.1, 0.15) is 34.6 Å². The van der Waals surface area contributed by atoms with Gasteiger partial charge in [0.05, 0.1) is 11.6 Å². The van der Waals surface area contributed by atoms with Crippen LogP contribution < -0.4 is 0 Å². The summed E-state index contributed by atoms with van der Waals surface area (Å²) in [6, 6.07) is 9.81. The fourth-order valence-corrected chi connectivity index (χ4v) is 4.53.